The van der Waals surface area contributed by atoms with Crippen LogP contribution in [-0.2, 0) is 0 Å². The molecule has 0 aliphatic rings. The molecule has 0 amide bonds. The first kappa shape index (κ1) is 18.4. The molecular weight excluding hydrogens is 250 g/mol. The van der Waals surface area contributed by atoms with Gasteiger partial charge in [-0.3, -0.25) is 9.97 Å². The minimum absolute atomic E-state index is 0. The quantitative estimate of drug-likeness (QED) is 0.505. The number of carboxylic acids is 2. The number of hydrogen-bond acceptors (Lipinski definition) is 6. The number of hydrogen-bond donors (Lipinski definition) is 0. The van der Waals surface area contributed by atoms with Gasteiger partial charge in [-0.2, -0.15) is 0 Å². The Morgan fingerprint density at radius 2 is 1.15 bits per heavy atom. The van der Waals surface area contributed by atoms with Crippen LogP contribution in [0.25, 0.3) is 11.4 Å². The van der Waals surface area contributed by atoms with E-state index >= 15 is 0 Å². The molecule has 2 heterocycles. The fourth-order valence-corrected chi connectivity index (χ4v) is 1.40. The van der Waals surface area contributed by atoms with Gasteiger partial charge in [-0.15, -0.1) is 0 Å². The maximum Gasteiger partial charge on any atom is 1.00 e. The van der Waals surface area contributed by atoms with E-state index in [0.29, 0.717) is 0 Å². The molecule has 0 aromatic carbocycles. The molecule has 0 N–H and O–H groups in total. The van der Waals surface area contributed by atoms with E-state index in [0.717, 1.165) is 0 Å². The van der Waals surface area contributed by atoms with Gasteiger partial charge in [0.05, 0.1) is 23.3 Å². The van der Waals surface area contributed by atoms with E-state index in [1.165, 1.54) is 36.7 Å². The van der Waals surface area contributed by atoms with Gasteiger partial charge >= 0.3 is 37.7 Å². The van der Waals surface area contributed by atoms with Crippen molar-refractivity contribution < 1.29 is 57.5 Å². The first-order valence-electron chi connectivity index (χ1n) is 4.93. The van der Waals surface area contributed by atoms with Gasteiger partial charge in [0.1, 0.15) is 0 Å². The van der Waals surface area contributed by atoms with Crippen molar-refractivity contribution in [3.8, 4) is 11.4 Å². The first-order valence-corrected chi connectivity index (χ1v) is 4.93. The van der Waals surface area contributed by atoms with E-state index in [1.807, 2.05) is 0 Å². The van der Waals surface area contributed by atoms with Gasteiger partial charge < -0.3 is 19.8 Å². The zero-order valence-corrected chi connectivity index (χ0v) is 11.0. The smallest absolute Gasteiger partial charge is 0.545 e. The summed E-state index contributed by atoms with van der Waals surface area (Å²) >= 11 is 0. The Hall–Kier alpha value is -1.57. The number of aromatic nitrogens is 2. The molecule has 0 fully saturated rings. The number of nitrogens with zero attached hydrogens (tertiary/aromatic N) is 2. The van der Waals surface area contributed by atoms with Gasteiger partial charge in [-0.1, -0.05) is 0 Å². The zero-order valence-electron chi connectivity index (χ0n) is 11.0. The molecule has 2 rings (SSSR count). The van der Waals surface area contributed by atoms with E-state index in [4.69, 9.17) is 0 Å². The Kier molecular flexibility index (Phi) is 7.27. The second-order valence-corrected chi connectivity index (χ2v) is 3.43. The van der Waals surface area contributed by atoms with Gasteiger partial charge in [0.2, 0.25) is 0 Å². The van der Waals surface area contributed by atoms with Gasteiger partial charge in [0, 0.05) is 23.5 Å². The van der Waals surface area contributed by atoms with Crippen LogP contribution in [0.4, 0.5) is 0 Å². The Morgan fingerprint density at radius 1 is 0.800 bits per heavy atom. The normalized spacial score (nSPS) is 9.00. The third-order valence-electron chi connectivity index (χ3n) is 2.25. The van der Waals surface area contributed by atoms with Gasteiger partial charge in [-0.05, 0) is 24.3 Å². The molecule has 90 valence electrons. The molecule has 2 aromatic heterocycles. The molecule has 0 radical (unpaired) electrons. The van der Waals surface area contributed by atoms with Gasteiger partial charge in [-0.25, -0.2) is 0 Å². The molecule has 20 heavy (non-hydrogen) atoms. The first-order chi connectivity index (χ1) is 8.58. The molecule has 0 saturated carbocycles. The van der Waals surface area contributed by atoms with Crippen molar-refractivity contribution in [2.24, 2.45) is 0 Å². The van der Waals surface area contributed by atoms with Crippen molar-refractivity contribution in [2.45, 2.75) is 0 Å². The predicted octanol–water partition coefficient (Wildman–Crippen LogP) is -7.12. The third-order valence-corrected chi connectivity index (χ3v) is 2.25. The number of aromatic carboxylic acids is 2. The molecule has 6 nitrogen and oxygen atoms in total. The number of pyridine rings is 2. The monoisotopic (exact) mass is 256 g/mol. The van der Waals surface area contributed by atoms with E-state index in [1.54, 1.807) is 0 Å². The fourth-order valence-electron chi connectivity index (χ4n) is 1.40. The van der Waals surface area contributed by atoms with Crippen molar-refractivity contribution in [2.75, 3.05) is 0 Å². The number of rotatable bonds is 3. The summed E-state index contributed by atoms with van der Waals surface area (Å²) in [6, 6.07) is 5.08. The van der Waals surface area contributed by atoms with Crippen molar-refractivity contribution in [1.29, 1.82) is 0 Å². The maximum absolute atomic E-state index is 10.7. The number of carboxylic acid groups (broad SMARTS) is 2. The van der Waals surface area contributed by atoms with Crippen LogP contribution in [0.2, 0.25) is 0 Å². The van der Waals surface area contributed by atoms with Gasteiger partial charge in [0.25, 0.3) is 0 Å². The van der Waals surface area contributed by atoms with E-state index in [2.05, 4.69) is 9.97 Å². The van der Waals surface area contributed by atoms with Crippen LogP contribution in [0.3, 0.4) is 0 Å². The summed E-state index contributed by atoms with van der Waals surface area (Å²) in [5.74, 6) is -2.68. The SMILES string of the molecule is O=C([O-])c1ccnc(-c2cc(C(=O)[O-])ccn2)c1.[Li+].[Li+]. The van der Waals surface area contributed by atoms with Crippen LogP contribution in [0.5, 0.6) is 0 Å². The molecule has 0 spiro atoms. The standard InChI is InChI=1S/C12H8N2O4.2Li/c15-11(16)7-1-3-13-9(5-7)10-6-8(12(17)18)2-4-14-10;;/h1-6H,(H,15,16)(H,17,18);;/q;2*+1/p-2. The molecule has 0 saturated heterocycles. The average Bonchev–Trinajstić information content (AvgIpc) is 2.39. The van der Waals surface area contributed by atoms with E-state index in [-0.39, 0.29) is 60.2 Å². The number of carbonyl (C=O) groups excluding carboxylic acids is 2. The van der Waals surface area contributed by atoms with E-state index < -0.39 is 11.9 Å². The number of carbonyl (C=O) groups is 2. The maximum atomic E-state index is 10.7. The summed E-state index contributed by atoms with van der Waals surface area (Å²) in [6.45, 7) is 0. The molecule has 0 aliphatic carbocycles. The molecule has 2 aromatic rings. The average molecular weight is 256 g/mol. The molecule has 0 aliphatic heterocycles. The van der Waals surface area contributed by atoms with Crippen molar-refractivity contribution >= 4 is 11.9 Å². The summed E-state index contributed by atoms with van der Waals surface area (Å²) in [5.41, 5.74) is 0.390. The molecule has 8 heteroatoms. The zero-order chi connectivity index (χ0) is 13.1. The molecule has 0 atom stereocenters. The van der Waals surface area contributed by atoms with Crippen molar-refractivity contribution in [3.63, 3.8) is 0 Å². The van der Waals surface area contributed by atoms with Crippen LogP contribution < -0.4 is 47.9 Å². The van der Waals surface area contributed by atoms with Crippen molar-refractivity contribution in [3.05, 3.63) is 47.8 Å². The van der Waals surface area contributed by atoms with E-state index in [9.17, 15) is 19.8 Å². The topological polar surface area (TPSA) is 106 Å². The Bertz CT molecular complexity index is 579. The second kappa shape index (κ2) is 7.89. The minimum atomic E-state index is -1.34. The summed E-state index contributed by atoms with van der Waals surface area (Å²) in [7, 11) is 0. The van der Waals surface area contributed by atoms with Crippen LogP contribution in [0, 0.1) is 0 Å². The van der Waals surface area contributed by atoms with Gasteiger partial charge in [0.15, 0.2) is 0 Å². The molecular formula is C12H6Li2N2O4. The summed E-state index contributed by atoms with van der Waals surface area (Å²) in [4.78, 5) is 29.2. The largest absolute Gasteiger partial charge is 1.00 e. The van der Waals surface area contributed by atoms with Crippen LogP contribution in [-0.4, -0.2) is 21.9 Å². The Labute approximate surface area is 138 Å². The predicted molar refractivity (Wildman–Crippen MR) is 56.1 cm³/mol. The fraction of sp³-hybridized carbons (Fsp3) is 0. The Balaban J connectivity index is 0.00000180. The van der Waals surface area contributed by atoms with Crippen LogP contribution in [0.1, 0.15) is 20.7 Å². The molecule has 0 unspecified atom stereocenters. The second-order valence-electron chi connectivity index (χ2n) is 3.43. The Morgan fingerprint density at radius 3 is 1.45 bits per heavy atom. The summed E-state index contributed by atoms with van der Waals surface area (Å²) in [5, 5.41) is 21.4. The van der Waals surface area contributed by atoms with Crippen LogP contribution in [0.15, 0.2) is 36.7 Å². The van der Waals surface area contributed by atoms with Crippen molar-refractivity contribution in [1.82, 2.24) is 9.97 Å². The summed E-state index contributed by atoms with van der Waals surface area (Å²) in [6.07, 6.45) is 2.57. The molecule has 0 bridgehead atoms. The third kappa shape index (κ3) is 4.23. The summed E-state index contributed by atoms with van der Waals surface area (Å²) < 4.78 is 0. The van der Waals surface area contributed by atoms with Crippen LogP contribution >= 0.6 is 0 Å². The minimum Gasteiger partial charge on any atom is -0.545 e.